The minimum absolute atomic E-state index is 0.0370. The number of fused-ring (bicyclic) bond motifs is 1. The number of ketones is 1. The second-order valence-corrected chi connectivity index (χ2v) is 7.92. The summed E-state index contributed by atoms with van der Waals surface area (Å²) in [4.78, 5) is 12.0. The number of ether oxygens (including phenoxy) is 2. The van der Waals surface area contributed by atoms with E-state index in [1.807, 2.05) is 20.8 Å². The number of carbonyl (C=O) groups excluding carboxylic acids is 1. The number of nitrogens with zero attached hydrogens (tertiary/aromatic N) is 1. The highest BCUT2D eigenvalue weighted by atomic mass is 35.5. The van der Waals surface area contributed by atoms with Crippen LogP contribution in [-0.4, -0.2) is 57.0 Å². The molecule has 0 aromatic heterocycles. The highest BCUT2D eigenvalue weighted by Gasteiger charge is 2.35. The maximum atomic E-state index is 12.3. The number of rotatable bonds is 8. The number of alkyl halides is 1. The van der Waals surface area contributed by atoms with Gasteiger partial charge in [0.15, 0.2) is 12.1 Å². The molecule has 1 aliphatic rings. The molecule has 1 aromatic rings. The molecule has 0 amide bonds. The standard InChI is InChI=1S/C12H14ClNO3S.C6H14O2.C2H4/c13-7-3-4-8-14-9-11(15)10-5-1-2-6-12(10)18(14,16)17;1-4-7-6(3)8-5-2;1-2/h1-2,5-6H,3-4,7-9H2;6H,4-5H2,1-3H3;1-2H2. The van der Waals surface area contributed by atoms with E-state index in [9.17, 15) is 13.2 Å². The summed E-state index contributed by atoms with van der Waals surface area (Å²) in [5, 5.41) is 0. The topological polar surface area (TPSA) is 72.9 Å². The summed E-state index contributed by atoms with van der Waals surface area (Å²) >= 11 is 5.57. The van der Waals surface area contributed by atoms with E-state index >= 15 is 0 Å². The van der Waals surface area contributed by atoms with Gasteiger partial charge in [-0.2, -0.15) is 4.31 Å². The van der Waals surface area contributed by atoms with Crippen molar-refractivity contribution in [2.45, 2.75) is 44.8 Å². The van der Waals surface area contributed by atoms with Crippen molar-refractivity contribution in [1.82, 2.24) is 4.31 Å². The number of halogens is 1. The van der Waals surface area contributed by atoms with E-state index in [-0.39, 0.29) is 23.5 Å². The van der Waals surface area contributed by atoms with Crippen molar-refractivity contribution in [2.75, 3.05) is 32.2 Å². The monoisotopic (exact) mass is 433 g/mol. The van der Waals surface area contributed by atoms with Crippen LogP contribution in [0.4, 0.5) is 0 Å². The van der Waals surface area contributed by atoms with E-state index in [1.54, 1.807) is 18.2 Å². The molecule has 0 unspecified atom stereocenters. The van der Waals surface area contributed by atoms with Gasteiger partial charge in [0.1, 0.15) is 0 Å². The largest absolute Gasteiger partial charge is 0.353 e. The molecule has 2 rings (SSSR count). The van der Waals surface area contributed by atoms with E-state index in [4.69, 9.17) is 21.1 Å². The van der Waals surface area contributed by atoms with Gasteiger partial charge in [-0.1, -0.05) is 12.1 Å². The average molecular weight is 434 g/mol. The van der Waals surface area contributed by atoms with Gasteiger partial charge in [-0.3, -0.25) is 4.79 Å². The van der Waals surface area contributed by atoms with Crippen molar-refractivity contribution in [2.24, 2.45) is 0 Å². The van der Waals surface area contributed by atoms with Gasteiger partial charge < -0.3 is 9.47 Å². The summed E-state index contributed by atoms with van der Waals surface area (Å²) < 4.78 is 35.9. The van der Waals surface area contributed by atoms with Crippen LogP contribution < -0.4 is 0 Å². The molecule has 0 aliphatic carbocycles. The Labute approximate surface area is 174 Å². The van der Waals surface area contributed by atoms with Gasteiger partial charge in [0.25, 0.3) is 0 Å². The van der Waals surface area contributed by atoms with Crippen LogP contribution in [0.1, 0.15) is 44.0 Å². The van der Waals surface area contributed by atoms with Gasteiger partial charge in [0.2, 0.25) is 10.0 Å². The van der Waals surface area contributed by atoms with E-state index in [0.29, 0.717) is 24.4 Å². The van der Waals surface area contributed by atoms with Gasteiger partial charge >= 0.3 is 0 Å². The molecule has 0 saturated carbocycles. The third-order valence-corrected chi connectivity index (χ3v) is 5.89. The lowest BCUT2D eigenvalue weighted by molar-refractivity contribution is -0.123. The molecular formula is C20H32ClNO5S. The summed E-state index contributed by atoms with van der Waals surface area (Å²) in [7, 11) is -3.53. The zero-order valence-corrected chi connectivity index (χ0v) is 18.6. The predicted octanol–water partition coefficient (Wildman–Crippen LogP) is 4.10. The molecule has 0 atom stereocenters. The van der Waals surface area contributed by atoms with Gasteiger partial charge in [0.05, 0.1) is 11.4 Å². The first-order valence-corrected chi connectivity index (χ1v) is 11.3. The van der Waals surface area contributed by atoms with Crippen molar-refractivity contribution < 1.29 is 22.7 Å². The first-order chi connectivity index (χ1) is 13.4. The fourth-order valence-electron chi connectivity index (χ4n) is 2.49. The summed E-state index contributed by atoms with van der Waals surface area (Å²) in [6, 6.07) is 6.35. The Morgan fingerprint density at radius 2 is 1.71 bits per heavy atom. The van der Waals surface area contributed by atoms with Crippen LogP contribution in [0.5, 0.6) is 0 Å². The molecule has 6 nitrogen and oxygen atoms in total. The highest BCUT2D eigenvalue weighted by molar-refractivity contribution is 7.89. The van der Waals surface area contributed by atoms with Crippen molar-refractivity contribution in [3.8, 4) is 0 Å². The molecule has 0 spiro atoms. The second-order valence-electron chi connectivity index (χ2n) is 5.63. The zero-order chi connectivity index (χ0) is 21.6. The lowest BCUT2D eigenvalue weighted by Crippen LogP contribution is -2.41. The average Bonchev–Trinajstić information content (AvgIpc) is 2.69. The van der Waals surface area contributed by atoms with E-state index < -0.39 is 10.0 Å². The Hall–Kier alpha value is -1.25. The SMILES string of the molecule is C=C.CCOC(C)OCC.O=C1CN(CCCCCl)S(=O)(=O)c2ccccc21. The maximum absolute atomic E-state index is 12.3. The molecule has 1 heterocycles. The highest BCUT2D eigenvalue weighted by Crippen LogP contribution is 2.26. The van der Waals surface area contributed by atoms with E-state index in [0.717, 1.165) is 19.6 Å². The van der Waals surface area contributed by atoms with Gasteiger partial charge in [-0.25, -0.2) is 8.42 Å². The molecule has 0 bridgehead atoms. The quantitative estimate of drug-likeness (QED) is 0.267. The molecule has 0 N–H and O–H groups in total. The minimum Gasteiger partial charge on any atom is -0.353 e. The molecule has 28 heavy (non-hydrogen) atoms. The molecule has 0 fully saturated rings. The smallest absolute Gasteiger partial charge is 0.244 e. The van der Waals surface area contributed by atoms with Crippen molar-refractivity contribution in [3.63, 3.8) is 0 Å². The molecule has 160 valence electrons. The van der Waals surface area contributed by atoms with E-state index in [1.165, 1.54) is 10.4 Å². The summed E-state index contributed by atoms with van der Waals surface area (Å²) in [6.07, 6.45) is 1.37. The lowest BCUT2D eigenvalue weighted by atomic mass is 10.1. The Kier molecular flexibility index (Phi) is 14.0. The number of benzene rings is 1. The molecule has 1 aromatic carbocycles. The molecule has 8 heteroatoms. The van der Waals surface area contributed by atoms with Crippen LogP contribution in [-0.2, 0) is 19.5 Å². The fourth-order valence-corrected chi connectivity index (χ4v) is 4.32. The van der Waals surface area contributed by atoms with Crippen LogP contribution in [0.2, 0.25) is 0 Å². The normalized spacial score (nSPS) is 15.1. The van der Waals surface area contributed by atoms with Gasteiger partial charge in [0, 0.05) is 31.2 Å². The number of hydrogen-bond donors (Lipinski definition) is 0. The lowest BCUT2D eigenvalue weighted by Gasteiger charge is -2.27. The summed E-state index contributed by atoms with van der Waals surface area (Å²) in [5.74, 6) is 0.351. The first kappa shape index (κ1) is 26.8. The summed E-state index contributed by atoms with van der Waals surface area (Å²) in [6.45, 7) is 13.5. The Morgan fingerprint density at radius 1 is 1.14 bits per heavy atom. The zero-order valence-electron chi connectivity index (χ0n) is 17.0. The third-order valence-electron chi connectivity index (χ3n) is 3.72. The van der Waals surface area contributed by atoms with Crippen molar-refractivity contribution >= 4 is 27.4 Å². The molecule has 0 saturated heterocycles. The number of unbranched alkanes of at least 4 members (excludes halogenated alkanes) is 1. The molecular weight excluding hydrogens is 402 g/mol. The molecule has 0 radical (unpaired) electrons. The minimum atomic E-state index is -3.53. The van der Waals surface area contributed by atoms with Crippen LogP contribution in [0.25, 0.3) is 0 Å². The van der Waals surface area contributed by atoms with Crippen LogP contribution in [0, 0.1) is 0 Å². The molecule has 1 aliphatic heterocycles. The number of Topliss-reactive ketones (excluding diaryl/α,β-unsaturated/α-hetero) is 1. The Balaban J connectivity index is 0.000000618. The van der Waals surface area contributed by atoms with Gasteiger partial charge in [-0.05, 0) is 45.7 Å². The third kappa shape index (κ3) is 8.41. The van der Waals surface area contributed by atoms with Crippen LogP contribution in [0.15, 0.2) is 42.3 Å². The van der Waals surface area contributed by atoms with Crippen LogP contribution >= 0.6 is 11.6 Å². The predicted molar refractivity (Wildman–Crippen MR) is 113 cm³/mol. The second kappa shape index (κ2) is 14.7. The van der Waals surface area contributed by atoms with Crippen molar-refractivity contribution in [3.05, 3.63) is 43.0 Å². The number of sulfonamides is 1. The van der Waals surface area contributed by atoms with Gasteiger partial charge in [-0.15, -0.1) is 24.8 Å². The van der Waals surface area contributed by atoms with Crippen molar-refractivity contribution in [1.29, 1.82) is 0 Å². The number of hydrogen-bond acceptors (Lipinski definition) is 5. The first-order valence-electron chi connectivity index (χ1n) is 9.30. The fraction of sp³-hybridized carbons (Fsp3) is 0.550. The van der Waals surface area contributed by atoms with Crippen LogP contribution in [0.3, 0.4) is 0 Å². The summed E-state index contributed by atoms with van der Waals surface area (Å²) in [5.41, 5.74) is 0.297. The Bertz CT molecular complexity index is 675. The number of carbonyl (C=O) groups is 1. The maximum Gasteiger partial charge on any atom is 0.244 e. The Morgan fingerprint density at radius 3 is 2.25 bits per heavy atom. The van der Waals surface area contributed by atoms with E-state index in [2.05, 4.69) is 13.2 Å².